The Morgan fingerprint density at radius 3 is 2.53 bits per heavy atom. The van der Waals surface area contributed by atoms with Crippen LogP contribution in [0.4, 0.5) is 4.39 Å². The normalized spacial score (nSPS) is 12.2. The Bertz CT molecular complexity index is 577. The molecular weight excluding hydrogens is 358 g/mol. The van der Waals surface area contributed by atoms with Crippen molar-refractivity contribution in [2.45, 2.75) is 6.04 Å². The van der Waals surface area contributed by atoms with Gasteiger partial charge < -0.3 is 4.74 Å². The quantitative estimate of drug-likeness (QED) is 0.493. The van der Waals surface area contributed by atoms with Gasteiger partial charge in [-0.3, -0.25) is 5.84 Å². The second kappa shape index (κ2) is 6.31. The van der Waals surface area contributed by atoms with E-state index in [1.807, 2.05) is 24.3 Å². The number of methoxy groups -OCH3 is 1. The van der Waals surface area contributed by atoms with E-state index < -0.39 is 0 Å². The lowest BCUT2D eigenvalue weighted by atomic mass is 9.99. The van der Waals surface area contributed by atoms with Gasteiger partial charge >= 0.3 is 0 Å². The molecule has 0 radical (unpaired) electrons. The van der Waals surface area contributed by atoms with Crippen LogP contribution in [0.3, 0.4) is 0 Å². The number of rotatable bonds is 4. The van der Waals surface area contributed by atoms with Gasteiger partial charge in [0.15, 0.2) is 0 Å². The maximum absolute atomic E-state index is 14.1. The number of hydrogen-bond acceptors (Lipinski definition) is 3. The summed E-state index contributed by atoms with van der Waals surface area (Å²) in [7, 11) is 1.51. The molecule has 0 bridgehead atoms. The van der Waals surface area contributed by atoms with Gasteiger partial charge in [0.05, 0.1) is 13.2 Å². The van der Waals surface area contributed by atoms with Crippen LogP contribution in [-0.2, 0) is 0 Å². The van der Waals surface area contributed by atoms with Crippen LogP contribution >= 0.6 is 22.6 Å². The third-order valence-electron chi connectivity index (χ3n) is 2.90. The van der Waals surface area contributed by atoms with Crippen LogP contribution in [0.2, 0.25) is 0 Å². The SMILES string of the molecule is COc1ccc(C(NN)c2ccccc2I)c(F)c1. The monoisotopic (exact) mass is 372 g/mol. The highest BCUT2D eigenvalue weighted by molar-refractivity contribution is 14.1. The zero-order valence-electron chi connectivity index (χ0n) is 10.4. The second-order valence-electron chi connectivity index (χ2n) is 4.01. The Hall–Kier alpha value is -1.18. The van der Waals surface area contributed by atoms with Crippen molar-refractivity contribution in [2.24, 2.45) is 5.84 Å². The summed E-state index contributed by atoms with van der Waals surface area (Å²) in [6.07, 6.45) is 0. The molecule has 1 atom stereocenters. The number of halogens is 2. The molecule has 1 unspecified atom stereocenters. The number of hydrazine groups is 1. The second-order valence-corrected chi connectivity index (χ2v) is 5.17. The predicted octanol–water partition coefficient (Wildman–Crippen LogP) is 2.99. The van der Waals surface area contributed by atoms with Crippen LogP contribution in [0.15, 0.2) is 42.5 Å². The van der Waals surface area contributed by atoms with Crippen molar-refractivity contribution in [2.75, 3.05) is 7.11 Å². The van der Waals surface area contributed by atoms with Gasteiger partial charge in [-0.25, -0.2) is 9.82 Å². The minimum Gasteiger partial charge on any atom is -0.497 e. The highest BCUT2D eigenvalue weighted by atomic mass is 127. The zero-order chi connectivity index (χ0) is 13.8. The first kappa shape index (κ1) is 14.2. The van der Waals surface area contributed by atoms with E-state index in [0.717, 1.165) is 9.13 Å². The van der Waals surface area contributed by atoms with Crippen LogP contribution < -0.4 is 16.0 Å². The van der Waals surface area contributed by atoms with Gasteiger partial charge in [-0.2, -0.15) is 0 Å². The van der Waals surface area contributed by atoms with Crippen LogP contribution in [0.5, 0.6) is 5.75 Å². The fourth-order valence-corrected chi connectivity index (χ4v) is 2.62. The molecule has 3 nitrogen and oxygen atoms in total. The maximum atomic E-state index is 14.1. The number of nitrogens with one attached hydrogen (secondary N) is 1. The Morgan fingerprint density at radius 2 is 1.95 bits per heavy atom. The Balaban J connectivity index is 2.46. The van der Waals surface area contributed by atoms with Crippen LogP contribution in [0.25, 0.3) is 0 Å². The van der Waals surface area contributed by atoms with Crippen molar-refractivity contribution in [3.8, 4) is 5.75 Å². The fraction of sp³-hybridized carbons (Fsp3) is 0.143. The Kier molecular flexibility index (Phi) is 4.73. The van der Waals surface area contributed by atoms with Crippen molar-refractivity contribution >= 4 is 22.6 Å². The van der Waals surface area contributed by atoms with Crippen molar-refractivity contribution in [1.82, 2.24) is 5.43 Å². The van der Waals surface area contributed by atoms with Gasteiger partial charge in [0.2, 0.25) is 0 Å². The summed E-state index contributed by atoms with van der Waals surface area (Å²) in [6, 6.07) is 12.1. The van der Waals surface area contributed by atoms with Crippen molar-refractivity contribution in [3.63, 3.8) is 0 Å². The lowest BCUT2D eigenvalue weighted by Crippen LogP contribution is -2.30. The standard InChI is InChI=1S/C14H14FIN2O/c1-19-9-6-7-10(12(15)8-9)14(18-17)11-4-2-3-5-13(11)16/h2-8,14,18H,17H2,1H3. The van der Waals surface area contributed by atoms with E-state index >= 15 is 0 Å². The molecule has 0 spiro atoms. The molecule has 19 heavy (non-hydrogen) atoms. The smallest absolute Gasteiger partial charge is 0.132 e. The van der Waals surface area contributed by atoms with Gasteiger partial charge in [-0.05, 0) is 40.3 Å². The van der Waals surface area contributed by atoms with E-state index in [9.17, 15) is 4.39 Å². The third-order valence-corrected chi connectivity index (χ3v) is 3.88. The Labute approximate surface area is 125 Å². The van der Waals surface area contributed by atoms with Crippen LogP contribution in [0.1, 0.15) is 17.2 Å². The molecular formula is C14H14FIN2O. The average molecular weight is 372 g/mol. The fourth-order valence-electron chi connectivity index (χ4n) is 1.93. The molecule has 5 heteroatoms. The summed E-state index contributed by atoms with van der Waals surface area (Å²) in [5, 5.41) is 0. The van der Waals surface area contributed by atoms with Crippen molar-refractivity contribution in [3.05, 3.63) is 63.0 Å². The van der Waals surface area contributed by atoms with Gasteiger partial charge in [-0.15, -0.1) is 0 Å². The lowest BCUT2D eigenvalue weighted by Gasteiger charge is -2.19. The van der Waals surface area contributed by atoms with E-state index in [1.54, 1.807) is 12.1 Å². The minimum atomic E-state index is -0.390. The third kappa shape index (κ3) is 3.05. The van der Waals surface area contributed by atoms with E-state index in [2.05, 4.69) is 28.0 Å². The van der Waals surface area contributed by atoms with Gasteiger partial charge in [0.1, 0.15) is 11.6 Å². The summed E-state index contributed by atoms with van der Waals surface area (Å²) in [5.74, 6) is 5.73. The first-order chi connectivity index (χ1) is 9.17. The molecule has 0 amide bonds. The molecule has 3 N–H and O–H groups in total. The number of hydrogen-bond donors (Lipinski definition) is 2. The zero-order valence-corrected chi connectivity index (χ0v) is 12.5. The molecule has 0 heterocycles. The molecule has 0 saturated heterocycles. The highest BCUT2D eigenvalue weighted by Crippen LogP contribution is 2.29. The summed E-state index contributed by atoms with van der Waals surface area (Å²) < 4.78 is 20.1. The number of benzene rings is 2. The van der Waals surface area contributed by atoms with E-state index in [-0.39, 0.29) is 11.9 Å². The largest absolute Gasteiger partial charge is 0.497 e. The number of nitrogens with two attached hydrogens (primary N) is 1. The molecule has 0 aliphatic rings. The lowest BCUT2D eigenvalue weighted by molar-refractivity contribution is 0.410. The summed E-state index contributed by atoms with van der Waals surface area (Å²) in [5.41, 5.74) is 4.10. The van der Waals surface area contributed by atoms with Crippen molar-refractivity contribution in [1.29, 1.82) is 0 Å². The molecule has 0 aliphatic carbocycles. The first-order valence-electron chi connectivity index (χ1n) is 5.71. The van der Waals surface area contributed by atoms with E-state index in [1.165, 1.54) is 13.2 Å². The molecule has 0 fully saturated rings. The van der Waals surface area contributed by atoms with Crippen LogP contribution in [0, 0.1) is 9.39 Å². The first-order valence-corrected chi connectivity index (χ1v) is 6.79. The maximum Gasteiger partial charge on any atom is 0.132 e. The molecule has 2 aromatic carbocycles. The summed E-state index contributed by atoms with van der Waals surface area (Å²) in [6.45, 7) is 0. The van der Waals surface area contributed by atoms with Gasteiger partial charge in [0, 0.05) is 15.2 Å². The topological polar surface area (TPSA) is 47.3 Å². The van der Waals surface area contributed by atoms with Gasteiger partial charge in [-0.1, -0.05) is 24.3 Å². The summed E-state index contributed by atoms with van der Waals surface area (Å²) >= 11 is 2.21. The van der Waals surface area contributed by atoms with Crippen LogP contribution in [-0.4, -0.2) is 7.11 Å². The highest BCUT2D eigenvalue weighted by Gasteiger charge is 2.19. The average Bonchev–Trinajstić information content (AvgIpc) is 2.43. The molecule has 0 aromatic heterocycles. The molecule has 0 saturated carbocycles. The molecule has 2 aromatic rings. The minimum absolute atomic E-state index is 0.345. The summed E-state index contributed by atoms with van der Waals surface area (Å²) in [4.78, 5) is 0. The van der Waals surface area contributed by atoms with E-state index in [0.29, 0.717) is 11.3 Å². The molecule has 2 rings (SSSR count). The van der Waals surface area contributed by atoms with Gasteiger partial charge in [0.25, 0.3) is 0 Å². The molecule has 0 aliphatic heterocycles. The molecule has 100 valence electrons. The predicted molar refractivity (Wildman–Crippen MR) is 81.3 cm³/mol. The van der Waals surface area contributed by atoms with E-state index in [4.69, 9.17) is 10.6 Å². The van der Waals surface area contributed by atoms with Crippen molar-refractivity contribution < 1.29 is 9.13 Å². The Morgan fingerprint density at radius 1 is 1.21 bits per heavy atom. The number of ether oxygens (including phenoxy) is 1.